The van der Waals surface area contributed by atoms with Crippen LogP contribution in [-0.4, -0.2) is 6.29 Å². The third-order valence-corrected chi connectivity index (χ3v) is 0.0833. The van der Waals surface area contributed by atoms with Gasteiger partial charge in [0.15, 0.2) is 0 Å². The normalized spacial score (nSPS) is 3.33. The van der Waals surface area contributed by atoms with Crippen LogP contribution in [0.1, 0.15) is 0 Å². The van der Waals surface area contributed by atoms with E-state index in [-0.39, 0.29) is 39.1 Å². The van der Waals surface area contributed by atoms with E-state index in [0.717, 1.165) is 6.08 Å². The second kappa shape index (κ2) is 17.4. The molecule has 3 heteroatoms. The van der Waals surface area contributed by atoms with Crippen LogP contribution in [0, 0.1) is 0 Å². The average Bonchev–Trinajstić information content (AvgIpc) is 1.37. The van der Waals surface area contributed by atoms with Crippen LogP contribution in [0.2, 0.25) is 0 Å². The molecule has 0 aromatic heterocycles. The fraction of sp³-hybridized carbons (Fsp3) is 0. The number of allylic oxidation sites excluding steroid dienone is 1. The van der Waals surface area contributed by atoms with Gasteiger partial charge in [-0.2, -0.15) is 0 Å². The van der Waals surface area contributed by atoms with Crippen molar-refractivity contribution in [1.82, 2.24) is 0 Å². The molecule has 6 heavy (non-hydrogen) atoms. The Morgan fingerprint density at radius 2 is 1.83 bits per heavy atom. The Morgan fingerprint density at radius 3 is 1.83 bits per heavy atom. The van der Waals surface area contributed by atoms with E-state index in [4.69, 9.17) is 4.79 Å². The van der Waals surface area contributed by atoms with Crippen molar-refractivity contribution in [2.75, 3.05) is 0 Å². The maximum atomic E-state index is 8.93. The Morgan fingerprint density at radius 1 is 1.67 bits per heavy atom. The van der Waals surface area contributed by atoms with E-state index in [0.29, 0.717) is 0 Å². The van der Waals surface area contributed by atoms with Crippen LogP contribution in [0.25, 0.3) is 0 Å². The molecule has 0 bridgehead atoms. The average molecular weight is 155 g/mol. The molecule has 0 N–H and O–H groups in total. The van der Waals surface area contributed by atoms with E-state index in [1.165, 1.54) is 6.29 Å². The molecule has 0 amide bonds. The molecule has 0 aromatic rings. The smallest absolute Gasteiger partial charge is 0 e. The van der Waals surface area contributed by atoms with Gasteiger partial charge in [-0.25, -0.2) is 12.7 Å². The Labute approximate surface area is 62.8 Å². The quantitative estimate of drug-likeness (QED) is 0.302. The van der Waals surface area contributed by atoms with Crippen molar-refractivity contribution in [2.24, 2.45) is 0 Å². The second-order valence-corrected chi connectivity index (χ2v) is 0.322. The summed E-state index contributed by atoms with van der Waals surface area (Å²) < 4.78 is 0. The van der Waals surface area contributed by atoms with Crippen LogP contribution in [0.5, 0.6) is 0 Å². The van der Waals surface area contributed by atoms with E-state index >= 15 is 0 Å². The van der Waals surface area contributed by atoms with Gasteiger partial charge in [-0.15, -0.1) is 0 Å². The molecule has 0 radical (unpaired) electrons. The van der Waals surface area contributed by atoms with Crippen LogP contribution >= 0.6 is 0 Å². The zero-order valence-corrected chi connectivity index (χ0v) is 5.94. The summed E-state index contributed by atoms with van der Waals surface area (Å²) in [7, 11) is 0. The van der Waals surface area contributed by atoms with Gasteiger partial charge < -0.3 is 4.79 Å². The molecular formula is C3H3CrOTi-. The molecule has 0 aliphatic rings. The van der Waals surface area contributed by atoms with Crippen LogP contribution in [-0.2, 0) is 43.9 Å². The Balaban J connectivity index is -0.0000000450. The molecule has 0 aromatic carbocycles. The summed E-state index contributed by atoms with van der Waals surface area (Å²) in [6.45, 7) is 3.06. The molecule has 0 atom stereocenters. The van der Waals surface area contributed by atoms with E-state index in [2.05, 4.69) is 6.58 Å². The Kier molecular flexibility index (Phi) is 46.1. The molecule has 0 spiro atoms. The Hall–Kier alpha value is 0.657. The molecule has 0 aliphatic carbocycles. The minimum atomic E-state index is 0. The van der Waals surface area contributed by atoms with E-state index in [1.54, 1.807) is 0 Å². The van der Waals surface area contributed by atoms with Crippen molar-refractivity contribution in [3.05, 3.63) is 12.7 Å². The maximum absolute atomic E-state index is 8.93. The minimum absolute atomic E-state index is 0. The zero-order valence-electron chi connectivity index (χ0n) is 3.10. The van der Waals surface area contributed by atoms with Gasteiger partial charge in [0.2, 0.25) is 0 Å². The molecule has 0 unspecified atom stereocenters. The van der Waals surface area contributed by atoms with Crippen LogP contribution in [0.3, 0.4) is 0 Å². The monoisotopic (exact) mass is 155 g/mol. The zero-order chi connectivity index (χ0) is 3.41. The number of carbonyl (C=O) groups excluding carboxylic acids is 1. The predicted octanol–water partition coefficient (Wildman–Crippen LogP) is 0.277. The van der Waals surface area contributed by atoms with Crippen molar-refractivity contribution < 1.29 is 43.9 Å². The standard InChI is InChI=1S/C3H3O.Cr.Ti/c1-2-3-4;;/h2H,1H2;;/q-1;;. The van der Waals surface area contributed by atoms with Crippen molar-refractivity contribution in [1.29, 1.82) is 0 Å². The first-order chi connectivity index (χ1) is 1.91. The SMILES string of the molecule is C=C[C-]=O.[Cr].[Ti]. The van der Waals surface area contributed by atoms with Gasteiger partial charge in [-0.05, 0) is 6.29 Å². The van der Waals surface area contributed by atoms with Crippen LogP contribution < -0.4 is 0 Å². The first-order valence-electron chi connectivity index (χ1n) is 0.901. The van der Waals surface area contributed by atoms with E-state index in [1.807, 2.05) is 0 Å². The van der Waals surface area contributed by atoms with E-state index < -0.39 is 0 Å². The van der Waals surface area contributed by atoms with Gasteiger partial charge in [0.05, 0.1) is 0 Å². The van der Waals surface area contributed by atoms with Gasteiger partial charge in [-0.3, -0.25) is 0 Å². The fourth-order valence-electron chi connectivity index (χ4n) is 0. The first-order valence-corrected chi connectivity index (χ1v) is 0.901. The number of hydrogen-bond donors (Lipinski definition) is 0. The largest absolute Gasteiger partial charge is 0.419 e. The van der Waals surface area contributed by atoms with Gasteiger partial charge in [0.1, 0.15) is 0 Å². The summed E-state index contributed by atoms with van der Waals surface area (Å²) in [5, 5.41) is 0. The van der Waals surface area contributed by atoms with Gasteiger partial charge >= 0.3 is 0 Å². The molecule has 1 nitrogen and oxygen atoms in total. The predicted molar refractivity (Wildman–Crippen MR) is 15.9 cm³/mol. The molecule has 0 heterocycles. The first kappa shape index (κ1) is 15.9. The summed E-state index contributed by atoms with van der Waals surface area (Å²) in [5.41, 5.74) is 0. The maximum Gasteiger partial charge on any atom is 0 e. The molecule has 0 saturated carbocycles. The van der Waals surface area contributed by atoms with Crippen LogP contribution in [0.15, 0.2) is 12.7 Å². The molecule has 0 aliphatic heterocycles. The van der Waals surface area contributed by atoms with Gasteiger partial charge in [0.25, 0.3) is 0 Å². The summed E-state index contributed by atoms with van der Waals surface area (Å²) in [6.07, 6.45) is 2.51. The van der Waals surface area contributed by atoms with Gasteiger partial charge in [0, 0.05) is 39.1 Å². The van der Waals surface area contributed by atoms with Crippen molar-refractivity contribution in [3.63, 3.8) is 0 Å². The summed E-state index contributed by atoms with van der Waals surface area (Å²) in [6, 6.07) is 0. The van der Waals surface area contributed by atoms with Crippen molar-refractivity contribution in [2.45, 2.75) is 0 Å². The molecule has 0 fully saturated rings. The molecule has 0 rings (SSSR count). The van der Waals surface area contributed by atoms with Crippen molar-refractivity contribution >= 4 is 6.29 Å². The van der Waals surface area contributed by atoms with Crippen LogP contribution in [0.4, 0.5) is 0 Å². The van der Waals surface area contributed by atoms with Gasteiger partial charge in [-0.1, -0.05) is 0 Å². The third kappa shape index (κ3) is 22.7. The number of hydrogen-bond acceptors (Lipinski definition) is 1. The molecule has 0 saturated heterocycles. The third-order valence-electron chi connectivity index (χ3n) is 0.0833. The molecular weight excluding hydrogens is 152 g/mol. The minimum Gasteiger partial charge on any atom is -0.419 e. The summed E-state index contributed by atoms with van der Waals surface area (Å²) in [4.78, 5) is 8.93. The fourth-order valence-corrected chi connectivity index (χ4v) is 0. The topological polar surface area (TPSA) is 17.1 Å². The van der Waals surface area contributed by atoms with E-state index in [9.17, 15) is 0 Å². The Bertz CT molecular complexity index is 31.8. The second-order valence-electron chi connectivity index (χ2n) is 0.322. The number of rotatable bonds is 1. The summed E-state index contributed by atoms with van der Waals surface area (Å²) in [5.74, 6) is 0. The van der Waals surface area contributed by atoms with Crippen molar-refractivity contribution in [3.8, 4) is 0 Å². The molecule has 32 valence electrons. The summed E-state index contributed by atoms with van der Waals surface area (Å²) >= 11 is 0.